The molecule has 0 saturated carbocycles. The van der Waals surface area contributed by atoms with Gasteiger partial charge in [-0.2, -0.15) is 0 Å². The third kappa shape index (κ3) is 3.90. The number of ether oxygens (including phenoxy) is 1. The number of halogens is 1. The summed E-state index contributed by atoms with van der Waals surface area (Å²) in [5.74, 6) is -0.459. The molecule has 3 rings (SSSR count). The van der Waals surface area contributed by atoms with E-state index in [1.165, 1.54) is 23.6 Å². The Morgan fingerprint density at radius 1 is 1.28 bits per heavy atom. The van der Waals surface area contributed by atoms with Crippen molar-refractivity contribution < 1.29 is 24.0 Å². The summed E-state index contributed by atoms with van der Waals surface area (Å²) in [5.41, 5.74) is -0.169. The molecule has 3 heterocycles. The lowest BCUT2D eigenvalue weighted by atomic mass is 10.0. The summed E-state index contributed by atoms with van der Waals surface area (Å²) in [6.07, 6.45) is 4.79. The summed E-state index contributed by atoms with van der Waals surface area (Å²) in [6, 6.07) is 1.35. The van der Waals surface area contributed by atoms with Crippen molar-refractivity contribution in [3.05, 3.63) is 28.3 Å². The lowest BCUT2D eigenvalue weighted by molar-refractivity contribution is 0.0204. The molecule has 10 heteroatoms. The van der Waals surface area contributed by atoms with Gasteiger partial charge in [0.2, 0.25) is 11.0 Å². The van der Waals surface area contributed by atoms with Crippen LogP contribution in [0.15, 0.2) is 28.3 Å². The SMILES string of the molecule is CC(C)(C)OC(=O)N1CCC(N2C(O)=C(O)S(C)(C)(=O)c3ncc(Cl)cc32)CC1. The number of piperidine rings is 1. The molecular formula is C19H28ClN3O5S. The number of amides is 1. The van der Waals surface area contributed by atoms with Crippen molar-refractivity contribution in [2.75, 3.05) is 30.5 Å². The van der Waals surface area contributed by atoms with Gasteiger partial charge in [0, 0.05) is 46.9 Å². The number of aliphatic hydroxyl groups is 2. The predicted octanol–water partition coefficient (Wildman–Crippen LogP) is 3.64. The average molecular weight is 446 g/mol. The number of likely N-dealkylation sites (tertiary alicyclic amines) is 1. The maximum absolute atomic E-state index is 13.5. The molecule has 1 aromatic heterocycles. The molecule has 0 aliphatic carbocycles. The van der Waals surface area contributed by atoms with E-state index in [9.17, 15) is 19.2 Å². The number of aromatic nitrogens is 1. The lowest BCUT2D eigenvalue weighted by Gasteiger charge is -2.46. The van der Waals surface area contributed by atoms with E-state index in [0.29, 0.717) is 36.6 Å². The Kier molecular flexibility index (Phi) is 5.06. The van der Waals surface area contributed by atoms with E-state index < -0.39 is 25.6 Å². The van der Waals surface area contributed by atoms with E-state index in [1.807, 2.05) is 20.8 Å². The quantitative estimate of drug-likeness (QED) is 0.680. The van der Waals surface area contributed by atoms with Crippen LogP contribution in [0.25, 0.3) is 0 Å². The van der Waals surface area contributed by atoms with Gasteiger partial charge in [0.1, 0.15) is 10.6 Å². The van der Waals surface area contributed by atoms with Gasteiger partial charge in [0.05, 0.1) is 10.7 Å². The van der Waals surface area contributed by atoms with Crippen LogP contribution in [0, 0.1) is 0 Å². The van der Waals surface area contributed by atoms with E-state index >= 15 is 0 Å². The van der Waals surface area contributed by atoms with Gasteiger partial charge in [0.25, 0.3) is 0 Å². The molecule has 1 amide bonds. The summed E-state index contributed by atoms with van der Waals surface area (Å²) < 4.78 is 18.9. The number of nitrogens with zero attached hydrogens (tertiary/aromatic N) is 3. The van der Waals surface area contributed by atoms with Crippen molar-refractivity contribution in [2.45, 2.75) is 50.3 Å². The molecule has 0 radical (unpaired) electrons. The monoisotopic (exact) mass is 445 g/mol. The van der Waals surface area contributed by atoms with Crippen LogP contribution in [0.3, 0.4) is 0 Å². The standard InChI is InChI=1S/C19H28ClN3O5S/c1-19(2,3)28-18(26)22-8-6-13(7-9-22)23-14-10-12(20)11-21-15(14)29(4,5,27)17(25)16(23)24/h10-11,13,24-25H,6-9H2,1-5H3. The highest BCUT2D eigenvalue weighted by atomic mass is 35.5. The molecule has 0 aromatic carbocycles. The number of anilines is 1. The van der Waals surface area contributed by atoms with E-state index in [4.69, 9.17) is 16.3 Å². The molecule has 2 aliphatic rings. The summed E-state index contributed by atoms with van der Waals surface area (Å²) in [7, 11) is -3.93. The minimum Gasteiger partial charge on any atom is -0.498 e. The van der Waals surface area contributed by atoms with Gasteiger partial charge in [-0.1, -0.05) is 11.6 Å². The van der Waals surface area contributed by atoms with Crippen molar-refractivity contribution in [2.24, 2.45) is 0 Å². The smallest absolute Gasteiger partial charge is 0.410 e. The first-order valence-electron chi connectivity index (χ1n) is 9.37. The van der Waals surface area contributed by atoms with E-state index in [0.717, 1.165) is 0 Å². The van der Waals surface area contributed by atoms with Crippen LogP contribution in [0.2, 0.25) is 5.02 Å². The van der Waals surface area contributed by atoms with Gasteiger partial charge >= 0.3 is 6.09 Å². The highest BCUT2D eigenvalue weighted by Crippen LogP contribution is 2.48. The third-order valence-corrected chi connectivity index (χ3v) is 8.04. The first-order chi connectivity index (χ1) is 13.2. The van der Waals surface area contributed by atoms with Gasteiger partial charge in [-0.05, 0) is 39.7 Å². The van der Waals surface area contributed by atoms with Crippen molar-refractivity contribution in [1.82, 2.24) is 9.88 Å². The molecule has 1 fully saturated rings. The Hall–Kier alpha value is -2.00. The molecule has 1 saturated heterocycles. The van der Waals surface area contributed by atoms with Crippen LogP contribution in [0.4, 0.5) is 10.5 Å². The molecule has 2 N–H and O–H groups in total. The molecule has 0 unspecified atom stereocenters. The fourth-order valence-corrected chi connectivity index (χ4v) is 5.71. The topological polar surface area (TPSA) is 103 Å². The number of fused-ring (bicyclic) bond motifs is 1. The van der Waals surface area contributed by atoms with Gasteiger partial charge in [0.15, 0.2) is 0 Å². The zero-order chi connectivity index (χ0) is 21.8. The van der Waals surface area contributed by atoms with Crippen LogP contribution in [-0.4, -0.2) is 67.6 Å². The molecule has 29 heavy (non-hydrogen) atoms. The van der Waals surface area contributed by atoms with Crippen molar-refractivity contribution >= 4 is 32.4 Å². The number of carbonyl (C=O) groups is 1. The molecule has 0 bridgehead atoms. The van der Waals surface area contributed by atoms with Crippen molar-refractivity contribution in [1.29, 1.82) is 0 Å². The highest BCUT2D eigenvalue weighted by molar-refractivity contribution is 8.22. The Bertz CT molecular complexity index is 942. The molecule has 162 valence electrons. The summed E-state index contributed by atoms with van der Waals surface area (Å²) in [6.45, 7) is 6.28. The number of aliphatic hydroxyl groups excluding tert-OH is 2. The Labute approximate surface area is 175 Å². The van der Waals surface area contributed by atoms with Crippen LogP contribution >= 0.6 is 11.6 Å². The largest absolute Gasteiger partial charge is 0.498 e. The molecular weight excluding hydrogens is 418 g/mol. The zero-order valence-electron chi connectivity index (χ0n) is 17.3. The predicted molar refractivity (Wildman–Crippen MR) is 113 cm³/mol. The van der Waals surface area contributed by atoms with Gasteiger partial charge in [-0.3, -0.25) is 4.21 Å². The van der Waals surface area contributed by atoms with E-state index in [2.05, 4.69) is 4.98 Å². The maximum atomic E-state index is 13.5. The molecule has 0 atom stereocenters. The number of hydrogen-bond donors (Lipinski definition) is 2. The van der Waals surface area contributed by atoms with E-state index in [-0.39, 0.29) is 17.2 Å². The summed E-state index contributed by atoms with van der Waals surface area (Å²) in [5, 5.41) is 21.3. The summed E-state index contributed by atoms with van der Waals surface area (Å²) in [4.78, 5) is 19.7. The molecule has 0 spiro atoms. The Morgan fingerprint density at radius 3 is 2.41 bits per heavy atom. The fourth-order valence-electron chi connectivity index (χ4n) is 3.62. The first kappa shape index (κ1) is 21.7. The van der Waals surface area contributed by atoms with Crippen molar-refractivity contribution in [3.8, 4) is 0 Å². The van der Waals surface area contributed by atoms with Crippen LogP contribution < -0.4 is 4.90 Å². The van der Waals surface area contributed by atoms with Crippen LogP contribution in [0.5, 0.6) is 0 Å². The molecule has 1 aromatic rings. The number of rotatable bonds is 1. The second-order valence-electron chi connectivity index (χ2n) is 9.00. The maximum Gasteiger partial charge on any atom is 0.410 e. The van der Waals surface area contributed by atoms with Gasteiger partial charge in [-0.15, -0.1) is 0 Å². The zero-order valence-corrected chi connectivity index (χ0v) is 18.9. The second-order valence-corrected chi connectivity index (χ2v) is 13.9. The highest BCUT2D eigenvalue weighted by Gasteiger charge is 2.48. The fraction of sp³-hybridized carbons (Fsp3) is 0.579. The minimum absolute atomic E-state index is 0.191. The van der Waals surface area contributed by atoms with Gasteiger partial charge in [-0.25, -0.2) is 9.78 Å². The minimum atomic E-state index is -3.93. The van der Waals surface area contributed by atoms with E-state index in [1.54, 1.807) is 11.0 Å². The first-order valence-corrected chi connectivity index (χ1v) is 12.5. The average Bonchev–Trinajstić information content (AvgIpc) is 2.59. The molecule has 2 aliphatic heterocycles. The van der Waals surface area contributed by atoms with Gasteiger partial charge < -0.3 is 24.7 Å². The molecule has 8 nitrogen and oxygen atoms in total. The lowest BCUT2D eigenvalue weighted by Crippen LogP contribution is -2.51. The second kappa shape index (κ2) is 6.77. The third-order valence-electron chi connectivity index (χ3n) is 5.08. The number of pyridine rings is 1. The van der Waals surface area contributed by atoms with Crippen LogP contribution in [-0.2, 0) is 13.8 Å². The normalized spacial score (nSPS) is 23.2. The number of hydrogen-bond acceptors (Lipinski definition) is 7. The Balaban J connectivity index is 1.90. The summed E-state index contributed by atoms with van der Waals surface area (Å²) >= 11 is 6.12. The van der Waals surface area contributed by atoms with Crippen LogP contribution in [0.1, 0.15) is 33.6 Å². The number of carbonyl (C=O) groups excluding carboxylic acids is 1. The Morgan fingerprint density at radius 2 is 1.86 bits per heavy atom. The van der Waals surface area contributed by atoms with Crippen molar-refractivity contribution in [3.63, 3.8) is 0 Å².